The molecular weight excluding hydrogens is 450 g/mol. The first kappa shape index (κ1) is 23.3. The molecule has 32 heavy (non-hydrogen) atoms. The smallest absolute Gasteiger partial charge is 0.306 e. The molecule has 0 bridgehead atoms. The highest BCUT2D eigenvalue weighted by molar-refractivity contribution is 7.59. The van der Waals surface area contributed by atoms with E-state index in [-0.39, 0.29) is 48.8 Å². The van der Waals surface area contributed by atoms with E-state index < -0.39 is 29.4 Å². The predicted molar refractivity (Wildman–Crippen MR) is 113 cm³/mol. The second kappa shape index (κ2) is 8.61. The Hall–Kier alpha value is -3.41. The Kier molecular flexibility index (Phi) is 6.26. The number of anilines is 2. The molecule has 3 heterocycles. The molecular formula is C20H17F4N5O2S. The molecule has 0 fully saturated rings. The number of aromatic nitrogens is 3. The van der Waals surface area contributed by atoms with E-state index >= 15 is 0 Å². The maximum absolute atomic E-state index is 13.1. The highest BCUT2D eigenvalue weighted by Crippen LogP contribution is 2.32. The van der Waals surface area contributed by atoms with Gasteiger partial charge in [-0.1, -0.05) is 0 Å². The third-order valence-corrected chi connectivity index (χ3v) is 4.83. The van der Waals surface area contributed by atoms with Gasteiger partial charge in [0.1, 0.15) is 17.3 Å². The minimum absolute atomic E-state index is 0. The summed E-state index contributed by atoms with van der Waals surface area (Å²) in [5.74, 6) is -1.73. The van der Waals surface area contributed by atoms with Gasteiger partial charge < -0.3 is 10.2 Å². The largest absolute Gasteiger partial charge is 0.416 e. The maximum atomic E-state index is 13.1. The van der Waals surface area contributed by atoms with Crippen LogP contribution in [0, 0.1) is 5.82 Å². The summed E-state index contributed by atoms with van der Waals surface area (Å²) < 4.78 is 52.9. The number of pyridine rings is 1. The van der Waals surface area contributed by atoms with Crippen LogP contribution in [0.15, 0.2) is 48.8 Å². The van der Waals surface area contributed by atoms with Gasteiger partial charge in [0.05, 0.1) is 29.6 Å². The highest BCUT2D eigenvalue weighted by Gasteiger charge is 2.36. The van der Waals surface area contributed by atoms with E-state index in [0.29, 0.717) is 0 Å². The van der Waals surface area contributed by atoms with E-state index in [1.807, 2.05) is 0 Å². The number of alkyl halides is 3. The lowest BCUT2D eigenvalue weighted by atomic mass is 10.1. The van der Waals surface area contributed by atoms with Crippen molar-refractivity contribution in [1.82, 2.24) is 14.8 Å². The van der Waals surface area contributed by atoms with Gasteiger partial charge in [-0.25, -0.2) is 9.37 Å². The zero-order chi connectivity index (χ0) is 22.3. The van der Waals surface area contributed by atoms with Crippen LogP contribution in [0.1, 0.15) is 39.4 Å². The Balaban J connectivity index is 0.00000289. The number of nitrogens with one attached hydrogen (secondary N) is 1. The SMILES string of the molecule is C[C@H]1CN(c2ccc(C(F)(F)F)cc2)C(=O)c2c(C(=O)Nc3ccc(F)cn3)cnn21.S. The Labute approximate surface area is 186 Å². The highest BCUT2D eigenvalue weighted by atomic mass is 32.1. The topological polar surface area (TPSA) is 80.1 Å². The molecule has 0 unspecified atom stereocenters. The molecule has 1 N–H and O–H groups in total. The maximum Gasteiger partial charge on any atom is 0.416 e. The monoisotopic (exact) mass is 467 g/mol. The van der Waals surface area contributed by atoms with Crippen LogP contribution in [-0.4, -0.2) is 33.1 Å². The summed E-state index contributed by atoms with van der Waals surface area (Å²) in [7, 11) is 0. The number of amides is 2. The Bertz CT molecular complexity index is 1150. The molecule has 2 aromatic heterocycles. The Morgan fingerprint density at radius 1 is 1.12 bits per heavy atom. The first-order valence-corrected chi connectivity index (χ1v) is 9.14. The summed E-state index contributed by atoms with van der Waals surface area (Å²) in [6.45, 7) is 1.93. The summed E-state index contributed by atoms with van der Waals surface area (Å²) in [4.78, 5) is 30.9. The van der Waals surface area contributed by atoms with Crippen molar-refractivity contribution >= 4 is 36.8 Å². The predicted octanol–water partition coefficient (Wildman–Crippen LogP) is 4.02. The van der Waals surface area contributed by atoms with Gasteiger partial charge in [0, 0.05) is 12.2 Å². The normalized spacial score (nSPS) is 15.7. The molecule has 0 saturated carbocycles. The number of hydrogen-bond donors (Lipinski definition) is 1. The number of benzene rings is 1. The van der Waals surface area contributed by atoms with Gasteiger partial charge in [-0.2, -0.15) is 31.8 Å². The molecule has 0 aliphatic carbocycles. The van der Waals surface area contributed by atoms with Gasteiger partial charge in [0.25, 0.3) is 11.8 Å². The van der Waals surface area contributed by atoms with E-state index in [1.54, 1.807) is 6.92 Å². The standard InChI is InChI=1S/C20H15F4N5O2.H2S/c1-11-10-28(14-5-2-12(3-6-14)20(22,23)24)19(31)17-15(9-26-29(11)17)18(30)27-16-7-4-13(21)8-25-16;/h2-9,11H,10H2,1H3,(H,25,27,30);1H2/t11-;/m0./s1. The molecule has 1 atom stereocenters. The molecule has 1 aliphatic rings. The number of nitrogens with zero attached hydrogens (tertiary/aromatic N) is 4. The molecule has 3 aromatic rings. The molecule has 1 aliphatic heterocycles. The van der Waals surface area contributed by atoms with Crippen molar-refractivity contribution in [2.45, 2.75) is 19.1 Å². The fourth-order valence-electron chi connectivity index (χ4n) is 3.31. The fraction of sp³-hybridized carbons (Fsp3) is 0.200. The molecule has 168 valence electrons. The summed E-state index contributed by atoms with van der Waals surface area (Å²) in [5, 5.41) is 6.59. The van der Waals surface area contributed by atoms with E-state index in [4.69, 9.17) is 0 Å². The number of halogens is 4. The molecule has 0 radical (unpaired) electrons. The summed E-state index contributed by atoms with van der Waals surface area (Å²) >= 11 is 0. The lowest BCUT2D eigenvalue weighted by Gasteiger charge is -2.32. The van der Waals surface area contributed by atoms with Gasteiger partial charge in [0.15, 0.2) is 0 Å². The molecule has 4 rings (SSSR count). The van der Waals surface area contributed by atoms with Crippen LogP contribution in [0.5, 0.6) is 0 Å². The van der Waals surface area contributed by atoms with Crippen LogP contribution < -0.4 is 10.2 Å². The quantitative estimate of drug-likeness (QED) is 0.590. The van der Waals surface area contributed by atoms with E-state index in [9.17, 15) is 27.2 Å². The van der Waals surface area contributed by atoms with Gasteiger partial charge in [-0.05, 0) is 43.3 Å². The average Bonchev–Trinajstić information content (AvgIpc) is 3.18. The van der Waals surface area contributed by atoms with Gasteiger partial charge in [-0.15, -0.1) is 0 Å². The fourth-order valence-corrected chi connectivity index (χ4v) is 3.31. The van der Waals surface area contributed by atoms with E-state index in [1.165, 1.54) is 34.0 Å². The second-order valence-corrected chi connectivity index (χ2v) is 6.98. The van der Waals surface area contributed by atoms with Crippen LogP contribution in [0.4, 0.5) is 29.1 Å². The molecule has 12 heteroatoms. The molecule has 7 nitrogen and oxygen atoms in total. The number of hydrogen-bond acceptors (Lipinski definition) is 4. The van der Waals surface area contributed by atoms with Crippen molar-refractivity contribution in [3.8, 4) is 0 Å². The minimum Gasteiger partial charge on any atom is -0.306 e. The van der Waals surface area contributed by atoms with Crippen molar-refractivity contribution in [2.24, 2.45) is 0 Å². The van der Waals surface area contributed by atoms with Crippen molar-refractivity contribution in [1.29, 1.82) is 0 Å². The molecule has 0 spiro atoms. The van der Waals surface area contributed by atoms with Crippen LogP contribution >= 0.6 is 13.5 Å². The zero-order valence-electron chi connectivity index (χ0n) is 16.5. The summed E-state index contributed by atoms with van der Waals surface area (Å²) in [5.41, 5.74) is -0.590. The van der Waals surface area contributed by atoms with Crippen molar-refractivity contribution in [3.63, 3.8) is 0 Å². The van der Waals surface area contributed by atoms with Gasteiger partial charge >= 0.3 is 6.18 Å². The van der Waals surface area contributed by atoms with Crippen LogP contribution in [0.2, 0.25) is 0 Å². The first-order valence-electron chi connectivity index (χ1n) is 9.14. The van der Waals surface area contributed by atoms with Crippen LogP contribution in [-0.2, 0) is 6.18 Å². The Morgan fingerprint density at radius 3 is 2.41 bits per heavy atom. The third-order valence-electron chi connectivity index (χ3n) is 4.83. The molecule has 1 aromatic carbocycles. The summed E-state index contributed by atoms with van der Waals surface area (Å²) in [6.07, 6.45) is -2.32. The van der Waals surface area contributed by atoms with Crippen LogP contribution in [0.25, 0.3) is 0 Å². The van der Waals surface area contributed by atoms with Crippen molar-refractivity contribution in [3.05, 3.63) is 71.4 Å². The van der Waals surface area contributed by atoms with Crippen molar-refractivity contribution < 1.29 is 27.2 Å². The van der Waals surface area contributed by atoms with Crippen LogP contribution in [0.3, 0.4) is 0 Å². The number of rotatable bonds is 3. The first-order chi connectivity index (χ1) is 14.6. The van der Waals surface area contributed by atoms with Gasteiger partial charge in [0.2, 0.25) is 0 Å². The lowest BCUT2D eigenvalue weighted by molar-refractivity contribution is -0.137. The number of carbonyl (C=O) groups is 2. The third kappa shape index (κ3) is 4.31. The van der Waals surface area contributed by atoms with E-state index in [2.05, 4.69) is 15.4 Å². The number of carbonyl (C=O) groups excluding carboxylic acids is 2. The van der Waals surface area contributed by atoms with Gasteiger partial charge in [-0.3, -0.25) is 14.3 Å². The zero-order valence-corrected chi connectivity index (χ0v) is 17.5. The van der Waals surface area contributed by atoms with Crippen molar-refractivity contribution in [2.75, 3.05) is 16.8 Å². The minimum atomic E-state index is -4.49. The number of fused-ring (bicyclic) bond motifs is 1. The summed E-state index contributed by atoms with van der Waals surface area (Å²) in [6, 6.07) is 6.27. The molecule has 2 amide bonds. The second-order valence-electron chi connectivity index (χ2n) is 6.98. The molecule has 0 saturated heterocycles. The van der Waals surface area contributed by atoms with E-state index in [0.717, 1.165) is 24.4 Å². The Morgan fingerprint density at radius 2 is 1.81 bits per heavy atom. The lowest BCUT2D eigenvalue weighted by Crippen LogP contribution is -2.43. The average molecular weight is 467 g/mol.